The molecule has 1 aliphatic rings. The van der Waals surface area contributed by atoms with Gasteiger partial charge < -0.3 is 9.88 Å². The van der Waals surface area contributed by atoms with Crippen molar-refractivity contribution in [1.29, 1.82) is 5.26 Å². The third-order valence-electron chi connectivity index (χ3n) is 8.95. The van der Waals surface area contributed by atoms with Gasteiger partial charge in [0.05, 0.1) is 23.4 Å². The van der Waals surface area contributed by atoms with Crippen LogP contribution in [0.4, 0.5) is 0 Å². The van der Waals surface area contributed by atoms with Gasteiger partial charge in [-0.2, -0.15) is 10.3 Å². The molecule has 1 N–H and O–H groups in total. The molecule has 2 heterocycles. The van der Waals surface area contributed by atoms with E-state index in [1.54, 1.807) is 43.4 Å². The Kier molecular flexibility index (Phi) is 11.4. The van der Waals surface area contributed by atoms with Crippen LogP contribution in [-0.2, 0) is 20.9 Å². The molecule has 9 heteroatoms. The fourth-order valence-corrected chi connectivity index (χ4v) is 7.13. The van der Waals surface area contributed by atoms with E-state index in [4.69, 9.17) is 0 Å². The van der Waals surface area contributed by atoms with Gasteiger partial charge in [0.1, 0.15) is 5.57 Å². The number of fused-ring (bicyclic) bond motifs is 1. The van der Waals surface area contributed by atoms with E-state index in [1.165, 1.54) is 4.90 Å². The minimum Gasteiger partial charge on any atom is -0.344 e. The van der Waals surface area contributed by atoms with Crippen molar-refractivity contribution in [3.05, 3.63) is 185 Å². The molecule has 0 saturated heterocycles. The van der Waals surface area contributed by atoms with Crippen LogP contribution in [0.15, 0.2) is 156 Å². The minimum atomic E-state index is -0.699. The van der Waals surface area contributed by atoms with Crippen molar-refractivity contribution >= 4 is 51.6 Å². The standard InChI is InChI=1S/C44H37N5O3S/c1-4-6-23-35(5-2)49-43(52)38(26-37-30(3)48(39-25-16-15-24-36(37)39)28-34-22-14-13-21-33(34)27-45)42(51)47-44(49)53-29-40(50)46-41(31-17-9-7-10-18-31)32-19-11-8-12-20-32/h4-26,41H,1,28-29H2,2-3H3,(H,46,50)/b23-6-,35-5+,38-26+. The highest BCUT2D eigenvalue weighted by atomic mass is 32.2. The second-order valence-corrected chi connectivity index (χ2v) is 13.1. The van der Waals surface area contributed by atoms with Crippen LogP contribution in [-0.4, -0.2) is 38.1 Å². The average Bonchev–Trinajstić information content (AvgIpc) is 3.45. The molecule has 53 heavy (non-hydrogen) atoms. The highest BCUT2D eigenvalue weighted by molar-refractivity contribution is 8.14. The molecule has 0 aliphatic carbocycles. The SMILES string of the molecule is C=C/C=C\C(=C/C)N1C(=O)/C(=C/c2c(C)n(Cc3ccccc3C#N)c3ccccc23)C(=O)N=C1SCC(=O)NC(c1ccccc1)c1ccccc1. The Morgan fingerprint density at radius 1 is 0.943 bits per heavy atom. The number of allylic oxidation sites excluding steroid dienone is 4. The first-order valence-electron chi connectivity index (χ1n) is 17.1. The molecule has 0 saturated carbocycles. The smallest absolute Gasteiger partial charge is 0.285 e. The Bertz CT molecular complexity index is 2330. The number of nitrogens with one attached hydrogen (secondary N) is 1. The normalized spacial score (nSPS) is 14.2. The summed E-state index contributed by atoms with van der Waals surface area (Å²) in [5.41, 5.74) is 6.06. The zero-order valence-electron chi connectivity index (χ0n) is 29.4. The van der Waals surface area contributed by atoms with Crippen LogP contribution in [0.25, 0.3) is 17.0 Å². The molecule has 6 rings (SSSR count). The van der Waals surface area contributed by atoms with Crippen molar-refractivity contribution in [1.82, 2.24) is 14.8 Å². The van der Waals surface area contributed by atoms with E-state index in [9.17, 15) is 19.6 Å². The third kappa shape index (κ3) is 7.88. The molecule has 4 aromatic carbocycles. The number of para-hydroxylation sites is 1. The number of rotatable bonds is 11. The number of hydrogen-bond acceptors (Lipinski definition) is 5. The van der Waals surface area contributed by atoms with Crippen molar-refractivity contribution in [3.63, 3.8) is 0 Å². The van der Waals surface area contributed by atoms with E-state index in [-0.39, 0.29) is 22.4 Å². The first kappa shape index (κ1) is 36.3. The zero-order chi connectivity index (χ0) is 37.3. The topological polar surface area (TPSA) is 108 Å². The fraction of sp³-hybridized carbons (Fsp3) is 0.114. The summed E-state index contributed by atoms with van der Waals surface area (Å²) in [6.07, 6.45) is 8.34. The molecule has 262 valence electrons. The van der Waals surface area contributed by atoms with E-state index in [2.05, 4.69) is 27.5 Å². The molecule has 0 atom stereocenters. The van der Waals surface area contributed by atoms with E-state index >= 15 is 0 Å². The summed E-state index contributed by atoms with van der Waals surface area (Å²) in [5, 5.41) is 13.8. The van der Waals surface area contributed by atoms with Crippen LogP contribution in [0.2, 0.25) is 0 Å². The second-order valence-electron chi connectivity index (χ2n) is 12.2. The van der Waals surface area contributed by atoms with Gasteiger partial charge in [-0.1, -0.05) is 134 Å². The number of carbonyl (C=O) groups is 3. The van der Waals surface area contributed by atoms with E-state index in [0.29, 0.717) is 23.4 Å². The molecule has 0 unspecified atom stereocenters. The summed E-state index contributed by atoms with van der Waals surface area (Å²) in [4.78, 5) is 47.5. The lowest BCUT2D eigenvalue weighted by molar-refractivity contribution is -0.126. The number of benzene rings is 4. The Morgan fingerprint density at radius 2 is 1.58 bits per heavy atom. The molecular weight excluding hydrogens is 679 g/mol. The van der Waals surface area contributed by atoms with Gasteiger partial charge in [0.25, 0.3) is 11.8 Å². The van der Waals surface area contributed by atoms with Crippen LogP contribution >= 0.6 is 11.8 Å². The Hall–Kier alpha value is -6.50. The molecule has 0 bridgehead atoms. The van der Waals surface area contributed by atoms with Crippen LogP contribution < -0.4 is 5.32 Å². The van der Waals surface area contributed by atoms with Crippen molar-refractivity contribution in [2.75, 3.05) is 5.75 Å². The quantitative estimate of drug-likeness (QED) is 0.0842. The summed E-state index contributed by atoms with van der Waals surface area (Å²) < 4.78 is 2.08. The molecule has 0 radical (unpaired) electrons. The maximum atomic E-state index is 14.4. The lowest BCUT2D eigenvalue weighted by Crippen LogP contribution is -2.42. The number of carbonyl (C=O) groups excluding carboxylic acids is 3. The predicted molar refractivity (Wildman–Crippen MR) is 213 cm³/mol. The van der Waals surface area contributed by atoms with Crippen LogP contribution in [0.1, 0.15) is 46.5 Å². The molecule has 0 fully saturated rings. The monoisotopic (exact) mass is 715 g/mol. The number of thioether (sulfide) groups is 1. The number of nitrogens with zero attached hydrogens (tertiary/aromatic N) is 4. The van der Waals surface area contributed by atoms with E-state index < -0.39 is 17.9 Å². The Morgan fingerprint density at radius 3 is 2.25 bits per heavy atom. The van der Waals surface area contributed by atoms with Gasteiger partial charge in [-0.3, -0.25) is 19.3 Å². The highest BCUT2D eigenvalue weighted by Crippen LogP contribution is 2.32. The van der Waals surface area contributed by atoms with Crippen molar-refractivity contribution in [3.8, 4) is 6.07 Å². The van der Waals surface area contributed by atoms with Crippen molar-refractivity contribution in [2.24, 2.45) is 4.99 Å². The molecule has 1 aromatic heterocycles. The Balaban J connectivity index is 1.34. The number of nitriles is 1. The average molecular weight is 716 g/mol. The largest absolute Gasteiger partial charge is 0.344 e. The second kappa shape index (κ2) is 16.7. The summed E-state index contributed by atoms with van der Waals surface area (Å²) in [5.74, 6) is -1.65. The van der Waals surface area contributed by atoms with Gasteiger partial charge in [-0.05, 0) is 54.8 Å². The van der Waals surface area contributed by atoms with Gasteiger partial charge in [-0.15, -0.1) is 0 Å². The number of amides is 3. The molecule has 1 aliphatic heterocycles. The lowest BCUT2D eigenvalue weighted by Gasteiger charge is -2.28. The van der Waals surface area contributed by atoms with E-state index in [1.807, 2.05) is 110 Å². The molecule has 5 aromatic rings. The maximum absolute atomic E-state index is 14.4. The number of amidine groups is 1. The number of hydrogen-bond donors (Lipinski definition) is 1. The molecular formula is C44H37N5O3S. The highest BCUT2D eigenvalue weighted by Gasteiger charge is 2.35. The zero-order valence-corrected chi connectivity index (χ0v) is 30.2. The first-order valence-corrected chi connectivity index (χ1v) is 18.1. The molecule has 8 nitrogen and oxygen atoms in total. The van der Waals surface area contributed by atoms with Crippen LogP contribution in [0, 0.1) is 18.3 Å². The van der Waals surface area contributed by atoms with Gasteiger partial charge in [-0.25, -0.2) is 0 Å². The van der Waals surface area contributed by atoms with Gasteiger partial charge >= 0.3 is 0 Å². The van der Waals surface area contributed by atoms with Crippen molar-refractivity contribution in [2.45, 2.75) is 26.4 Å². The third-order valence-corrected chi connectivity index (χ3v) is 9.89. The van der Waals surface area contributed by atoms with Gasteiger partial charge in [0.2, 0.25) is 5.91 Å². The molecule has 0 spiro atoms. The summed E-state index contributed by atoms with van der Waals surface area (Å²) in [6.45, 7) is 7.91. The van der Waals surface area contributed by atoms with Crippen molar-refractivity contribution < 1.29 is 14.4 Å². The minimum absolute atomic E-state index is 0.0932. The van der Waals surface area contributed by atoms with Crippen LogP contribution in [0.5, 0.6) is 0 Å². The summed E-state index contributed by atoms with van der Waals surface area (Å²) in [7, 11) is 0. The van der Waals surface area contributed by atoms with Gasteiger partial charge in [0.15, 0.2) is 5.17 Å². The summed E-state index contributed by atoms with van der Waals surface area (Å²) >= 11 is 1.02. The lowest BCUT2D eigenvalue weighted by atomic mass is 9.99. The predicted octanol–water partition coefficient (Wildman–Crippen LogP) is 8.26. The summed E-state index contributed by atoms with van der Waals surface area (Å²) in [6, 6.07) is 36.4. The number of aliphatic imine (C=N–C) groups is 1. The van der Waals surface area contributed by atoms with E-state index in [0.717, 1.165) is 45.0 Å². The maximum Gasteiger partial charge on any atom is 0.285 e. The first-order chi connectivity index (χ1) is 25.8. The molecule has 3 amide bonds. The Labute approximate surface area is 313 Å². The fourth-order valence-electron chi connectivity index (χ4n) is 6.32. The van der Waals surface area contributed by atoms with Crippen LogP contribution in [0.3, 0.4) is 0 Å². The van der Waals surface area contributed by atoms with Gasteiger partial charge in [0, 0.05) is 34.4 Å². The number of aromatic nitrogens is 1.